The summed E-state index contributed by atoms with van der Waals surface area (Å²) in [7, 11) is -3.20. The molecule has 108 valence electrons. The lowest BCUT2D eigenvalue weighted by molar-refractivity contribution is 0.420. The summed E-state index contributed by atoms with van der Waals surface area (Å²) in [5.74, 6) is 0. The van der Waals surface area contributed by atoms with Crippen molar-refractivity contribution < 1.29 is 8.42 Å². The monoisotopic (exact) mass is 303 g/mol. The van der Waals surface area contributed by atoms with Gasteiger partial charge in [0, 0.05) is 11.3 Å². The van der Waals surface area contributed by atoms with E-state index in [9.17, 15) is 8.42 Å². The van der Waals surface area contributed by atoms with Crippen molar-refractivity contribution in [3.8, 4) is 0 Å². The average Bonchev–Trinajstić information content (AvgIpc) is 2.28. The van der Waals surface area contributed by atoms with Crippen LogP contribution in [0.3, 0.4) is 0 Å². The van der Waals surface area contributed by atoms with Gasteiger partial charge in [0.2, 0.25) is 0 Å². The van der Waals surface area contributed by atoms with Crippen LogP contribution >= 0.6 is 11.6 Å². The highest BCUT2D eigenvalue weighted by atomic mass is 35.5. The third kappa shape index (κ3) is 3.94. The molecule has 0 saturated carbocycles. The molecule has 0 radical (unpaired) electrons. The van der Waals surface area contributed by atoms with Crippen molar-refractivity contribution >= 4 is 21.4 Å². The molecule has 1 atom stereocenters. The molecule has 19 heavy (non-hydrogen) atoms. The maximum Gasteiger partial charge on any atom is 0.154 e. The Morgan fingerprint density at radius 2 is 2.00 bits per heavy atom. The molecule has 0 aliphatic heterocycles. The van der Waals surface area contributed by atoms with Crippen LogP contribution in [0.2, 0.25) is 5.02 Å². The van der Waals surface area contributed by atoms with Crippen LogP contribution in [0.5, 0.6) is 0 Å². The van der Waals surface area contributed by atoms with Gasteiger partial charge in [-0.3, -0.25) is 0 Å². The summed E-state index contributed by atoms with van der Waals surface area (Å²) < 4.78 is 23.2. The molecule has 0 aromatic heterocycles. The Morgan fingerprint density at radius 3 is 2.47 bits per heavy atom. The molecule has 1 rings (SSSR count). The van der Waals surface area contributed by atoms with E-state index in [1.165, 1.54) is 6.26 Å². The maximum atomic E-state index is 12.0. The number of benzene rings is 1. The Hall–Kier alpha value is -0.580. The normalized spacial score (nSPS) is 14.4. The first kappa shape index (κ1) is 16.5. The Morgan fingerprint density at radius 1 is 1.37 bits per heavy atom. The van der Waals surface area contributed by atoms with Gasteiger partial charge in [-0.1, -0.05) is 30.7 Å². The second-order valence-electron chi connectivity index (χ2n) is 5.32. The zero-order chi connectivity index (χ0) is 14.7. The highest BCUT2D eigenvalue weighted by Crippen LogP contribution is 2.33. The number of nitrogens with one attached hydrogen (secondary N) is 1. The van der Waals surface area contributed by atoms with Crippen LogP contribution in [0.15, 0.2) is 24.3 Å². The summed E-state index contributed by atoms with van der Waals surface area (Å²) in [5, 5.41) is 3.94. The number of halogens is 1. The summed E-state index contributed by atoms with van der Waals surface area (Å²) in [6, 6.07) is 7.08. The Kier molecular flexibility index (Phi) is 5.42. The van der Waals surface area contributed by atoms with E-state index in [0.717, 1.165) is 18.5 Å². The summed E-state index contributed by atoms with van der Waals surface area (Å²) in [6.45, 7) is 6.30. The van der Waals surface area contributed by atoms with Crippen LogP contribution in [-0.2, 0) is 9.84 Å². The van der Waals surface area contributed by atoms with Gasteiger partial charge < -0.3 is 5.32 Å². The highest BCUT2D eigenvalue weighted by molar-refractivity contribution is 7.92. The minimum absolute atomic E-state index is 0.277. The molecule has 1 unspecified atom stereocenters. The summed E-state index contributed by atoms with van der Waals surface area (Å²) in [5.41, 5.74) is 0.899. The topological polar surface area (TPSA) is 46.2 Å². The first-order valence-corrected chi connectivity index (χ1v) is 8.65. The molecule has 0 fully saturated rings. The summed E-state index contributed by atoms with van der Waals surface area (Å²) in [6.07, 6.45) is 2.22. The van der Waals surface area contributed by atoms with Crippen LogP contribution in [0.4, 0.5) is 0 Å². The Bertz CT molecular complexity index is 526. The maximum absolute atomic E-state index is 12.0. The minimum atomic E-state index is -3.20. The molecule has 0 aliphatic carbocycles. The quantitative estimate of drug-likeness (QED) is 0.878. The third-order valence-electron chi connectivity index (χ3n) is 3.43. The zero-order valence-electron chi connectivity index (χ0n) is 11.9. The molecular weight excluding hydrogens is 282 g/mol. The Labute approximate surface area is 121 Å². The number of hydrogen-bond donors (Lipinski definition) is 1. The van der Waals surface area contributed by atoms with Gasteiger partial charge in [-0.15, -0.1) is 0 Å². The van der Waals surface area contributed by atoms with Crippen molar-refractivity contribution in [2.45, 2.75) is 38.0 Å². The van der Waals surface area contributed by atoms with Crippen LogP contribution < -0.4 is 5.32 Å². The SMILES string of the molecule is CCCNC(c1cccc(Cl)c1)C(C)(C)S(C)(=O)=O. The van der Waals surface area contributed by atoms with E-state index in [4.69, 9.17) is 11.6 Å². The van der Waals surface area contributed by atoms with Crippen molar-refractivity contribution in [3.05, 3.63) is 34.9 Å². The minimum Gasteiger partial charge on any atom is -0.309 e. The van der Waals surface area contributed by atoms with E-state index in [-0.39, 0.29) is 6.04 Å². The van der Waals surface area contributed by atoms with Crippen LogP contribution in [0, 0.1) is 0 Å². The smallest absolute Gasteiger partial charge is 0.154 e. The van der Waals surface area contributed by atoms with Crippen LogP contribution in [-0.4, -0.2) is 26.0 Å². The van der Waals surface area contributed by atoms with Gasteiger partial charge in [-0.05, 0) is 44.5 Å². The van der Waals surface area contributed by atoms with Gasteiger partial charge in [-0.25, -0.2) is 8.42 Å². The van der Waals surface area contributed by atoms with Gasteiger partial charge in [0.15, 0.2) is 9.84 Å². The van der Waals surface area contributed by atoms with Crippen molar-refractivity contribution in [2.24, 2.45) is 0 Å². The molecular formula is C14H22ClNO2S. The predicted octanol–water partition coefficient (Wildman–Crippen LogP) is 3.20. The second-order valence-corrected chi connectivity index (χ2v) is 8.35. The third-order valence-corrected chi connectivity index (χ3v) is 5.81. The lowest BCUT2D eigenvalue weighted by Crippen LogP contribution is -2.45. The number of rotatable bonds is 6. The average molecular weight is 304 g/mol. The first-order chi connectivity index (χ1) is 8.70. The number of sulfone groups is 1. The van der Waals surface area contributed by atoms with Crippen LogP contribution in [0.25, 0.3) is 0 Å². The highest BCUT2D eigenvalue weighted by Gasteiger charge is 2.39. The molecule has 1 N–H and O–H groups in total. The number of hydrogen-bond acceptors (Lipinski definition) is 3. The summed E-state index contributed by atoms with van der Waals surface area (Å²) in [4.78, 5) is 0. The molecule has 0 aliphatic rings. The lowest BCUT2D eigenvalue weighted by Gasteiger charge is -2.34. The van der Waals surface area contributed by atoms with Crippen molar-refractivity contribution in [1.82, 2.24) is 5.32 Å². The molecule has 3 nitrogen and oxygen atoms in total. The molecule has 0 spiro atoms. The fourth-order valence-corrected chi connectivity index (χ4v) is 2.80. The Balaban J connectivity index is 3.22. The van der Waals surface area contributed by atoms with E-state index in [1.54, 1.807) is 19.9 Å². The van der Waals surface area contributed by atoms with Gasteiger partial charge >= 0.3 is 0 Å². The van der Waals surface area contributed by atoms with Gasteiger partial charge in [0.05, 0.1) is 10.8 Å². The van der Waals surface area contributed by atoms with E-state index >= 15 is 0 Å². The molecule has 1 aromatic carbocycles. The molecule has 0 amide bonds. The van der Waals surface area contributed by atoms with E-state index in [1.807, 2.05) is 18.2 Å². The lowest BCUT2D eigenvalue weighted by atomic mass is 9.95. The van der Waals surface area contributed by atoms with Crippen molar-refractivity contribution in [3.63, 3.8) is 0 Å². The van der Waals surface area contributed by atoms with E-state index in [2.05, 4.69) is 12.2 Å². The zero-order valence-corrected chi connectivity index (χ0v) is 13.5. The molecule has 5 heteroatoms. The molecule has 0 bridgehead atoms. The van der Waals surface area contributed by atoms with Gasteiger partial charge in [-0.2, -0.15) is 0 Å². The fourth-order valence-electron chi connectivity index (χ4n) is 1.95. The standard InChI is InChI=1S/C14H22ClNO2S/c1-5-9-16-13(14(2,3)19(4,17)18)11-7-6-8-12(15)10-11/h6-8,10,13,16H,5,9H2,1-4H3. The van der Waals surface area contributed by atoms with E-state index < -0.39 is 14.6 Å². The molecule has 0 saturated heterocycles. The van der Waals surface area contributed by atoms with Crippen molar-refractivity contribution in [2.75, 3.05) is 12.8 Å². The fraction of sp³-hybridized carbons (Fsp3) is 0.571. The van der Waals surface area contributed by atoms with Crippen molar-refractivity contribution in [1.29, 1.82) is 0 Å². The largest absolute Gasteiger partial charge is 0.309 e. The van der Waals surface area contributed by atoms with Gasteiger partial charge in [0.25, 0.3) is 0 Å². The summed E-state index contributed by atoms with van der Waals surface area (Å²) >= 11 is 6.01. The van der Waals surface area contributed by atoms with E-state index in [0.29, 0.717) is 5.02 Å². The first-order valence-electron chi connectivity index (χ1n) is 6.38. The molecule has 0 heterocycles. The molecule has 1 aromatic rings. The van der Waals surface area contributed by atoms with Crippen LogP contribution in [0.1, 0.15) is 38.8 Å². The van der Waals surface area contributed by atoms with Gasteiger partial charge in [0.1, 0.15) is 0 Å². The predicted molar refractivity (Wildman–Crippen MR) is 81.4 cm³/mol. The second kappa shape index (κ2) is 6.25.